The first-order chi connectivity index (χ1) is 9.01. The second-order valence-electron chi connectivity index (χ2n) is 5.17. The van der Waals surface area contributed by atoms with E-state index in [1.807, 2.05) is 12.1 Å². The lowest BCUT2D eigenvalue weighted by atomic mass is 10.00. The average Bonchev–Trinajstić information content (AvgIpc) is 2.88. The molecule has 5 heteroatoms. The summed E-state index contributed by atoms with van der Waals surface area (Å²) in [6.45, 7) is 1.66. The van der Waals surface area contributed by atoms with Crippen LogP contribution in [0.2, 0.25) is 0 Å². The zero-order chi connectivity index (χ0) is 13.9. The van der Waals surface area contributed by atoms with Gasteiger partial charge < -0.3 is 5.32 Å². The zero-order valence-corrected chi connectivity index (χ0v) is 12.7. The molecule has 1 aromatic rings. The predicted octanol–water partition coefficient (Wildman–Crippen LogP) is 3.44. The Hall–Kier alpha value is -0.740. The van der Waals surface area contributed by atoms with Crippen molar-refractivity contribution >= 4 is 27.1 Å². The first-order valence-corrected chi connectivity index (χ1v) is 8.87. The fourth-order valence-electron chi connectivity index (χ4n) is 2.56. The largest absolute Gasteiger partial charge is 0.378 e. The van der Waals surface area contributed by atoms with Crippen LogP contribution in [0.5, 0.6) is 0 Å². The summed E-state index contributed by atoms with van der Waals surface area (Å²) in [6.07, 6.45) is 4.54. The van der Waals surface area contributed by atoms with E-state index in [-0.39, 0.29) is 11.3 Å². The maximum absolute atomic E-state index is 11.7. The van der Waals surface area contributed by atoms with Gasteiger partial charge in [0.2, 0.25) is 0 Å². The molecule has 0 aromatic heterocycles. The molecule has 0 bridgehead atoms. The highest BCUT2D eigenvalue weighted by Crippen LogP contribution is 2.34. The number of nitrogens with one attached hydrogen (secondary N) is 1. The highest BCUT2D eigenvalue weighted by atomic mass is 35.5. The van der Waals surface area contributed by atoms with Crippen molar-refractivity contribution in [2.24, 2.45) is 0 Å². The van der Waals surface area contributed by atoms with E-state index in [0.717, 1.165) is 18.5 Å². The number of hydrogen-bond donors (Lipinski definition) is 1. The van der Waals surface area contributed by atoms with Gasteiger partial charge in [-0.05, 0) is 37.1 Å². The van der Waals surface area contributed by atoms with Gasteiger partial charge in [-0.1, -0.05) is 19.8 Å². The summed E-state index contributed by atoms with van der Waals surface area (Å²) < 4.78 is 23.5. The number of anilines is 1. The maximum Gasteiger partial charge on any atom is 0.178 e. The van der Waals surface area contributed by atoms with E-state index in [1.165, 1.54) is 12.8 Å². The average molecular weight is 302 g/mol. The Kier molecular flexibility index (Phi) is 4.41. The molecule has 1 aromatic carbocycles. The number of benzene rings is 1. The van der Waals surface area contributed by atoms with Gasteiger partial charge in [0.05, 0.1) is 16.2 Å². The summed E-state index contributed by atoms with van der Waals surface area (Å²) in [5, 5.41) is 3.47. The molecule has 1 aliphatic carbocycles. The topological polar surface area (TPSA) is 46.2 Å². The highest BCUT2D eigenvalue weighted by molar-refractivity contribution is 7.91. The highest BCUT2D eigenvalue weighted by Gasteiger charge is 2.32. The van der Waals surface area contributed by atoms with Crippen molar-refractivity contribution in [2.75, 3.05) is 16.9 Å². The second-order valence-corrected chi connectivity index (χ2v) is 7.72. The second kappa shape index (κ2) is 5.71. The molecule has 2 rings (SSSR count). The summed E-state index contributed by atoms with van der Waals surface area (Å²) in [7, 11) is -3.12. The van der Waals surface area contributed by atoms with E-state index in [2.05, 4.69) is 5.32 Å². The normalized spacial score (nSPS) is 18.4. The van der Waals surface area contributed by atoms with Crippen LogP contribution in [0.4, 0.5) is 5.69 Å². The lowest BCUT2D eigenvalue weighted by Crippen LogP contribution is -2.36. The van der Waals surface area contributed by atoms with Gasteiger partial charge in [-0.25, -0.2) is 8.42 Å². The third-order valence-corrected chi connectivity index (χ3v) is 6.08. The smallest absolute Gasteiger partial charge is 0.178 e. The summed E-state index contributed by atoms with van der Waals surface area (Å²) in [5.74, 6) is 0.716. The molecular formula is C14H20ClNO2S. The predicted molar refractivity (Wildman–Crippen MR) is 79.7 cm³/mol. The van der Waals surface area contributed by atoms with E-state index in [4.69, 9.17) is 11.6 Å². The van der Waals surface area contributed by atoms with E-state index >= 15 is 0 Å². The minimum atomic E-state index is -3.12. The minimum Gasteiger partial charge on any atom is -0.378 e. The van der Waals surface area contributed by atoms with Gasteiger partial charge in [0.25, 0.3) is 0 Å². The summed E-state index contributed by atoms with van der Waals surface area (Å²) in [6, 6.07) is 6.99. The van der Waals surface area contributed by atoms with Crippen LogP contribution in [-0.4, -0.2) is 25.6 Å². The lowest BCUT2D eigenvalue weighted by molar-refractivity contribution is 0.540. The van der Waals surface area contributed by atoms with Gasteiger partial charge in [0.1, 0.15) is 0 Å². The van der Waals surface area contributed by atoms with E-state index in [1.54, 1.807) is 19.1 Å². The van der Waals surface area contributed by atoms with Crippen molar-refractivity contribution in [2.45, 2.75) is 43.0 Å². The lowest BCUT2D eigenvalue weighted by Gasteiger charge is -2.29. The van der Waals surface area contributed by atoms with Crippen LogP contribution in [0, 0.1) is 0 Å². The molecule has 1 fully saturated rings. The van der Waals surface area contributed by atoms with Crippen molar-refractivity contribution in [3.63, 3.8) is 0 Å². The van der Waals surface area contributed by atoms with Crippen LogP contribution in [0.15, 0.2) is 29.2 Å². The minimum absolute atomic E-state index is 0.0211. The molecule has 0 atom stereocenters. The molecule has 1 saturated carbocycles. The van der Waals surface area contributed by atoms with E-state index in [0.29, 0.717) is 10.8 Å². The van der Waals surface area contributed by atoms with Crippen LogP contribution in [0.3, 0.4) is 0 Å². The monoisotopic (exact) mass is 301 g/mol. The summed E-state index contributed by atoms with van der Waals surface area (Å²) in [4.78, 5) is 0.381. The zero-order valence-electron chi connectivity index (χ0n) is 11.2. The molecule has 1 aliphatic rings. The molecule has 0 spiro atoms. The summed E-state index contributed by atoms with van der Waals surface area (Å²) in [5.41, 5.74) is 0.921. The van der Waals surface area contributed by atoms with Crippen LogP contribution in [0.25, 0.3) is 0 Å². The Morgan fingerprint density at radius 1 is 1.21 bits per heavy atom. The van der Waals surface area contributed by atoms with E-state index in [9.17, 15) is 8.42 Å². The first-order valence-electron chi connectivity index (χ1n) is 6.68. The molecule has 1 N–H and O–H groups in total. The standard InChI is InChI=1S/C14H20ClNO2S/c1-2-19(17,18)13-7-5-12(6-8-13)16-14(11-15)9-3-4-10-14/h5-8,16H,2-4,9-11H2,1H3. The Balaban J connectivity index is 2.15. The fourth-order valence-corrected chi connectivity index (χ4v) is 3.78. The van der Waals surface area contributed by atoms with Gasteiger partial charge in [0.15, 0.2) is 9.84 Å². The Labute approximate surface area is 120 Å². The van der Waals surface area contributed by atoms with Crippen molar-refractivity contribution in [1.29, 1.82) is 0 Å². The molecular weight excluding hydrogens is 282 g/mol. The molecule has 19 heavy (non-hydrogen) atoms. The number of alkyl halides is 1. The van der Waals surface area contributed by atoms with Crippen LogP contribution in [-0.2, 0) is 9.84 Å². The molecule has 0 aliphatic heterocycles. The SMILES string of the molecule is CCS(=O)(=O)c1ccc(NC2(CCl)CCCC2)cc1. The third-order valence-electron chi connectivity index (χ3n) is 3.82. The molecule has 0 radical (unpaired) electrons. The van der Waals surface area contributed by atoms with Crippen LogP contribution in [0.1, 0.15) is 32.6 Å². The third kappa shape index (κ3) is 3.23. The van der Waals surface area contributed by atoms with Crippen LogP contribution >= 0.6 is 11.6 Å². The maximum atomic E-state index is 11.7. The van der Waals surface area contributed by atoms with Gasteiger partial charge in [-0.15, -0.1) is 11.6 Å². The van der Waals surface area contributed by atoms with Crippen LogP contribution < -0.4 is 5.32 Å². The number of hydrogen-bond acceptors (Lipinski definition) is 3. The van der Waals surface area contributed by atoms with E-state index < -0.39 is 9.84 Å². The van der Waals surface area contributed by atoms with Crippen molar-refractivity contribution in [3.05, 3.63) is 24.3 Å². The van der Waals surface area contributed by atoms with Gasteiger partial charge >= 0.3 is 0 Å². The first kappa shape index (κ1) is 14.7. The molecule has 0 heterocycles. The number of halogens is 1. The van der Waals surface area contributed by atoms with Gasteiger partial charge in [-0.2, -0.15) is 0 Å². The Morgan fingerprint density at radius 3 is 2.26 bits per heavy atom. The van der Waals surface area contributed by atoms with Crippen molar-refractivity contribution in [3.8, 4) is 0 Å². The van der Waals surface area contributed by atoms with Crippen molar-refractivity contribution in [1.82, 2.24) is 0 Å². The Bertz CT molecular complexity index is 519. The molecule has 0 amide bonds. The van der Waals surface area contributed by atoms with Crippen molar-refractivity contribution < 1.29 is 8.42 Å². The molecule has 0 unspecified atom stereocenters. The Morgan fingerprint density at radius 2 is 1.79 bits per heavy atom. The number of sulfone groups is 1. The van der Waals surface area contributed by atoms with Gasteiger partial charge in [0, 0.05) is 11.6 Å². The number of rotatable bonds is 5. The quantitative estimate of drug-likeness (QED) is 0.847. The fraction of sp³-hybridized carbons (Fsp3) is 0.571. The molecule has 106 valence electrons. The summed E-state index contributed by atoms with van der Waals surface area (Å²) >= 11 is 6.08. The van der Waals surface area contributed by atoms with Gasteiger partial charge in [-0.3, -0.25) is 0 Å². The molecule has 3 nitrogen and oxygen atoms in total. The molecule has 0 saturated heterocycles.